The minimum atomic E-state index is -0.504. The van der Waals surface area contributed by atoms with Gasteiger partial charge in [0.15, 0.2) is 0 Å². The smallest absolute Gasteiger partial charge is 0.249 e. The number of nitrogens with two attached hydrogens (primary N) is 1. The number of carbonyl (C=O) groups is 2. The van der Waals surface area contributed by atoms with E-state index in [2.05, 4.69) is 32.3 Å². The van der Waals surface area contributed by atoms with Crippen LogP contribution in [0.15, 0.2) is 72.9 Å². The first kappa shape index (κ1) is 22.4. The predicted octanol–water partition coefficient (Wildman–Crippen LogP) is 4.37. The SMILES string of the molecule is NC(=O)C(=Cc1c[nH]c2nc(NC(=O)Cc3ccc(N4CCCC4)cc3)ccc12)c1ccccc1. The highest BCUT2D eigenvalue weighted by atomic mass is 16.2. The van der Waals surface area contributed by atoms with Gasteiger partial charge in [-0.2, -0.15) is 0 Å². The Morgan fingerprint density at radius 2 is 1.74 bits per heavy atom. The average Bonchev–Trinajstić information content (AvgIpc) is 3.54. The number of hydrogen-bond acceptors (Lipinski definition) is 4. The number of H-pyrrole nitrogens is 1. The number of hydrogen-bond donors (Lipinski definition) is 3. The van der Waals surface area contributed by atoms with Crippen LogP contribution in [-0.4, -0.2) is 34.9 Å². The Morgan fingerprint density at radius 1 is 1.00 bits per heavy atom. The molecule has 7 heteroatoms. The maximum absolute atomic E-state index is 12.6. The molecule has 0 spiro atoms. The number of carbonyl (C=O) groups excluding carboxylic acids is 2. The van der Waals surface area contributed by atoms with Gasteiger partial charge in [-0.05, 0) is 54.3 Å². The standard InChI is InChI=1S/C28H27N5O2/c29-27(35)24(20-6-2-1-3-7-20)17-21-18-30-28-23(21)12-13-25(32-28)31-26(34)16-19-8-10-22(11-9-19)33-14-4-5-15-33/h1-3,6-13,17-18H,4-5,14-16H2,(H2,29,35)(H2,30,31,32,34). The lowest BCUT2D eigenvalue weighted by Crippen LogP contribution is -2.18. The maximum atomic E-state index is 12.6. The topological polar surface area (TPSA) is 104 Å². The van der Waals surface area contributed by atoms with E-state index in [0.29, 0.717) is 17.0 Å². The molecule has 2 amide bonds. The van der Waals surface area contributed by atoms with E-state index in [1.165, 1.54) is 18.5 Å². The number of aromatic nitrogens is 2. The second kappa shape index (κ2) is 9.85. The first-order chi connectivity index (χ1) is 17.1. The van der Waals surface area contributed by atoms with Crippen LogP contribution < -0.4 is 16.0 Å². The summed E-state index contributed by atoms with van der Waals surface area (Å²) >= 11 is 0. The number of anilines is 2. The molecule has 0 atom stereocenters. The molecule has 1 aliphatic rings. The van der Waals surface area contributed by atoms with Crippen LogP contribution in [0.3, 0.4) is 0 Å². The quantitative estimate of drug-likeness (QED) is 0.353. The van der Waals surface area contributed by atoms with Crippen molar-refractivity contribution in [1.29, 1.82) is 0 Å². The fourth-order valence-electron chi connectivity index (χ4n) is 4.46. The third-order valence-electron chi connectivity index (χ3n) is 6.26. The molecule has 0 saturated carbocycles. The number of nitrogens with one attached hydrogen (secondary N) is 2. The highest BCUT2D eigenvalue weighted by Gasteiger charge is 2.14. The molecule has 1 saturated heterocycles. The van der Waals surface area contributed by atoms with E-state index in [1.54, 1.807) is 18.3 Å². The van der Waals surface area contributed by atoms with Crippen LogP contribution in [0.2, 0.25) is 0 Å². The zero-order chi connectivity index (χ0) is 24.2. The number of rotatable bonds is 7. The lowest BCUT2D eigenvalue weighted by Gasteiger charge is -2.17. The van der Waals surface area contributed by atoms with E-state index in [4.69, 9.17) is 5.73 Å². The molecule has 0 aliphatic carbocycles. The molecule has 0 bridgehead atoms. The molecular formula is C28H27N5O2. The Hall–Kier alpha value is -4.39. The van der Waals surface area contributed by atoms with Crippen molar-refractivity contribution >= 4 is 46.0 Å². The van der Waals surface area contributed by atoms with Gasteiger partial charge >= 0.3 is 0 Å². The van der Waals surface area contributed by atoms with Crippen molar-refractivity contribution in [2.45, 2.75) is 19.3 Å². The van der Waals surface area contributed by atoms with Crippen LogP contribution in [-0.2, 0) is 16.0 Å². The van der Waals surface area contributed by atoms with Gasteiger partial charge in [-0.25, -0.2) is 4.98 Å². The number of fused-ring (bicyclic) bond motifs is 1. The molecule has 5 rings (SSSR count). The van der Waals surface area contributed by atoms with E-state index in [-0.39, 0.29) is 12.3 Å². The molecule has 1 fully saturated rings. The predicted molar refractivity (Wildman–Crippen MR) is 140 cm³/mol. The van der Waals surface area contributed by atoms with E-state index in [0.717, 1.165) is 35.2 Å². The zero-order valence-corrected chi connectivity index (χ0v) is 19.3. The highest BCUT2D eigenvalue weighted by Crippen LogP contribution is 2.25. The molecule has 7 nitrogen and oxygen atoms in total. The molecule has 0 unspecified atom stereocenters. The summed E-state index contributed by atoms with van der Waals surface area (Å²) in [7, 11) is 0. The van der Waals surface area contributed by atoms with Crippen LogP contribution >= 0.6 is 0 Å². The largest absolute Gasteiger partial charge is 0.372 e. The molecule has 1 aliphatic heterocycles. The Kier molecular flexibility index (Phi) is 6.30. The summed E-state index contributed by atoms with van der Waals surface area (Å²) in [5.41, 5.74) is 10.4. The first-order valence-corrected chi connectivity index (χ1v) is 11.8. The van der Waals surface area contributed by atoms with Gasteiger partial charge in [0, 0.05) is 41.5 Å². The number of primary amides is 1. The van der Waals surface area contributed by atoms with Crippen molar-refractivity contribution < 1.29 is 9.59 Å². The molecular weight excluding hydrogens is 438 g/mol. The van der Waals surface area contributed by atoms with E-state index < -0.39 is 5.91 Å². The number of nitrogens with zero attached hydrogens (tertiary/aromatic N) is 2. The Morgan fingerprint density at radius 3 is 2.46 bits per heavy atom. The second-order valence-electron chi connectivity index (χ2n) is 8.71. The molecule has 176 valence electrons. The van der Waals surface area contributed by atoms with Crippen LogP contribution in [0.25, 0.3) is 22.7 Å². The van der Waals surface area contributed by atoms with Gasteiger partial charge in [-0.1, -0.05) is 42.5 Å². The molecule has 4 aromatic rings. The minimum absolute atomic E-state index is 0.127. The zero-order valence-electron chi connectivity index (χ0n) is 19.3. The minimum Gasteiger partial charge on any atom is -0.372 e. The average molecular weight is 466 g/mol. The normalized spacial score (nSPS) is 13.8. The van der Waals surface area contributed by atoms with Gasteiger partial charge in [0.1, 0.15) is 11.5 Å². The molecule has 0 radical (unpaired) electrons. The monoisotopic (exact) mass is 465 g/mol. The molecule has 35 heavy (non-hydrogen) atoms. The van der Waals surface area contributed by atoms with Crippen molar-refractivity contribution in [3.63, 3.8) is 0 Å². The molecule has 2 aromatic heterocycles. The summed E-state index contributed by atoms with van der Waals surface area (Å²) in [5, 5.41) is 3.71. The fraction of sp³-hybridized carbons (Fsp3) is 0.179. The Bertz CT molecular complexity index is 1380. The molecule has 3 heterocycles. The first-order valence-electron chi connectivity index (χ1n) is 11.8. The van der Waals surface area contributed by atoms with Crippen molar-refractivity contribution in [2.24, 2.45) is 5.73 Å². The summed E-state index contributed by atoms with van der Waals surface area (Å²) in [6.45, 7) is 2.20. The maximum Gasteiger partial charge on any atom is 0.249 e. The van der Waals surface area contributed by atoms with Gasteiger partial charge in [0.2, 0.25) is 11.8 Å². The van der Waals surface area contributed by atoms with E-state index in [9.17, 15) is 9.59 Å². The van der Waals surface area contributed by atoms with Gasteiger partial charge in [0.25, 0.3) is 0 Å². The Balaban J connectivity index is 1.29. The van der Waals surface area contributed by atoms with Crippen LogP contribution in [0.4, 0.5) is 11.5 Å². The fourth-order valence-corrected chi connectivity index (χ4v) is 4.46. The van der Waals surface area contributed by atoms with Gasteiger partial charge in [0.05, 0.1) is 6.42 Å². The van der Waals surface area contributed by atoms with E-state index >= 15 is 0 Å². The van der Waals surface area contributed by atoms with Crippen LogP contribution in [0, 0.1) is 0 Å². The van der Waals surface area contributed by atoms with Gasteiger partial charge < -0.3 is 20.9 Å². The second-order valence-corrected chi connectivity index (χ2v) is 8.71. The van der Waals surface area contributed by atoms with Gasteiger partial charge in [-0.15, -0.1) is 0 Å². The van der Waals surface area contributed by atoms with Crippen LogP contribution in [0.5, 0.6) is 0 Å². The lowest BCUT2D eigenvalue weighted by atomic mass is 10.0. The Labute approximate surface area is 203 Å². The summed E-state index contributed by atoms with van der Waals surface area (Å²) in [6.07, 6.45) is 6.27. The van der Waals surface area contributed by atoms with Crippen molar-refractivity contribution in [2.75, 3.05) is 23.3 Å². The summed E-state index contributed by atoms with van der Waals surface area (Å²) in [6, 6.07) is 21.1. The number of benzene rings is 2. The van der Waals surface area contributed by atoms with Crippen molar-refractivity contribution in [3.05, 3.63) is 89.6 Å². The summed E-state index contributed by atoms with van der Waals surface area (Å²) < 4.78 is 0. The number of aromatic amines is 1. The summed E-state index contributed by atoms with van der Waals surface area (Å²) in [5.74, 6) is -0.167. The molecule has 2 aromatic carbocycles. The number of pyridine rings is 1. The summed E-state index contributed by atoms with van der Waals surface area (Å²) in [4.78, 5) is 34.7. The number of amides is 2. The van der Waals surface area contributed by atoms with Crippen molar-refractivity contribution in [1.82, 2.24) is 9.97 Å². The van der Waals surface area contributed by atoms with Crippen LogP contribution in [0.1, 0.15) is 29.5 Å². The highest BCUT2D eigenvalue weighted by molar-refractivity contribution is 6.24. The van der Waals surface area contributed by atoms with E-state index in [1.807, 2.05) is 48.5 Å². The molecule has 4 N–H and O–H groups in total. The third-order valence-corrected chi connectivity index (χ3v) is 6.26. The lowest BCUT2D eigenvalue weighted by molar-refractivity contribution is -0.115. The third kappa shape index (κ3) is 5.09. The van der Waals surface area contributed by atoms with Gasteiger partial charge in [-0.3, -0.25) is 9.59 Å². The van der Waals surface area contributed by atoms with Crippen molar-refractivity contribution in [3.8, 4) is 0 Å².